The lowest BCUT2D eigenvalue weighted by Gasteiger charge is -2.45. The Kier molecular flexibility index (Phi) is 5.67. The number of allylic oxidation sites excluding steroid dienone is 2. The number of benzene rings is 1. The monoisotopic (exact) mass is 400 g/mol. The molecule has 0 amide bonds. The van der Waals surface area contributed by atoms with Gasteiger partial charge in [0.25, 0.3) is 0 Å². The fourth-order valence-electron chi connectivity index (χ4n) is 4.74. The second kappa shape index (κ2) is 8.39. The summed E-state index contributed by atoms with van der Waals surface area (Å²) in [5.41, 5.74) is 5.38. The molecule has 0 radical (unpaired) electrons. The summed E-state index contributed by atoms with van der Waals surface area (Å²) in [4.78, 5) is 21.9. The first kappa shape index (κ1) is 20.3. The number of rotatable bonds is 5. The van der Waals surface area contributed by atoms with Gasteiger partial charge in [0.05, 0.1) is 5.69 Å². The summed E-state index contributed by atoms with van der Waals surface area (Å²) < 4.78 is 5.46. The Hall–Kier alpha value is -3.01. The van der Waals surface area contributed by atoms with E-state index in [1.54, 1.807) is 0 Å². The minimum atomic E-state index is -0.458. The fraction of sp³-hybridized carbons (Fsp3) is 0.346. The predicted molar refractivity (Wildman–Crippen MR) is 120 cm³/mol. The molecule has 2 bridgehead atoms. The van der Waals surface area contributed by atoms with Gasteiger partial charge in [0.15, 0.2) is 0 Å². The highest BCUT2D eigenvalue weighted by Gasteiger charge is 2.46. The van der Waals surface area contributed by atoms with Crippen LogP contribution in [0, 0.1) is 5.92 Å². The fourth-order valence-corrected chi connectivity index (χ4v) is 4.74. The van der Waals surface area contributed by atoms with Gasteiger partial charge in [0.1, 0.15) is 5.54 Å². The van der Waals surface area contributed by atoms with Crippen LogP contribution in [0.25, 0.3) is 0 Å². The summed E-state index contributed by atoms with van der Waals surface area (Å²) in [7, 11) is 0. The maximum Gasteiger partial charge on any atom is 0.312 e. The molecule has 0 N–H and O–H groups in total. The lowest BCUT2D eigenvalue weighted by molar-refractivity contribution is -0.134. The lowest BCUT2D eigenvalue weighted by Crippen LogP contribution is -2.39. The summed E-state index contributed by atoms with van der Waals surface area (Å²) in [6.45, 7) is 6.25. The van der Waals surface area contributed by atoms with Crippen molar-refractivity contribution in [2.45, 2.75) is 52.0 Å². The second-order valence-corrected chi connectivity index (χ2v) is 8.14. The number of hydrogen-bond acceptors (Lipinski definition) is 4. The van der Waals surface area contributed by atoms with Crippen LogP contribution < -0.4 is 4.74 Å². The first-order chi connectivity index (χ1) is 14.6. The van der Waals surface area contributed by atoms with Crippen LogP contribution in [0.1, 0.15) is 56.9 Å². The minimum Gasteiger partial charge on any atom is -0.407 e. The average molecular weight is 401 g/mol. The molecule has 2 aromatic rings. The number of pyridine rings is 1. The van der Waals surface area contributed by atoms with Crippen LogP contribution in [0.3, 0.4) is 0 Å². The normalized spacial score (nSPS) is 23.9. The molecule has 1 aromatic heterocycles. The summed E-state index contributed by atoms with van der Waals surface area (Å²) in [6.07, 6.45) is 9.32. The highest BCUT2D eigenvalue weighted by molar-refractivity contribution is 5.80. The number of carbonyl (C=O) groups excluding carboxylic acids is 1. The standard InChI is InChI=1S/C26H28N2O2/c1-4-9-25(29)30-24-13-12-22-23(28-24)15-20-14-18(3)16-26(22,21(20)5-2)27-17-19-10-7-6-8-11-19/h5-8,10-14,17,20H,4,9,15-16H2,1-3H3/b21-5+,27-17?. The van der Waals surface area contributed by atoms with E-state index < -0.39 is 5.54 Å². The largest absolute Gasteiger partial charge is 0.407 e. The maximum absolute atomic E-state index is 11.9. The zero-order valence-corrected chi connectivity index (χ0v) is 17.9. The average Bonchev–Trinajstić information content (AvgIpc) is 2.72. The van der Waals surface area contributed by atoms with E-state index in [0.717, 1.165) is 36.1 Å². The number of nitrogens with zero attached hydrogens (tertiary/aromatic N) is 2. The van der Waals surface area contributed by atoms with Gasteiger partial charge >= 0.3 is 5.97 Å². The Morgan fingerprint density at radius 1 is 1.27 bits per heavy atom. The molecule has 0 saturated carbocycles. The van der Waals surface area contributed by atoms with E-state index in [4.69, 9.17) is 14.7 Å². The van der Waals surface area contributed by atoms with Crippen molar-refractivity contribution in [1.29, 1.82) is 0 Å². The van der Waals surface area contributed by atoms with E-state index in [-0.39, 0.29) is 11.9 Å². The third-order valence-corrected chi connectivity index (χ3v) is 5.92. The topological polar surface area (TPSA) is 51.5 Å². The van der Waals surface area contributed by atoms with Crippen molar-refractivity contribution in [3.8, 4) is 5.88 Å². The van der Waals surface area contributed by atoms with Crippen LogP contribution in [-0.4, -0.2) is 17.2 Å². The molecule has 0 spiro atoms. The van der Waals surface area contributed by atoms with E-state index in [1.807, 2.05) is 37.4 Å². The van der Waals surface area contributed by atoms with Crippen LogP contribution in [0.4, 0.5) is 0 Å². The van der Waals surface area contributed by atoms with Crippen molar-refractivity contribution < 1.29 is 9.53 Å². The quantitative estimate of drug-likeness (QED) is 0.374. The third-order valence-electron chi connectivity index (χ3n) is 5.92. The molecule has 0 saturated heterocycles. The molecule has 2 aliphatic carbocycles. The third kappa shape index (κ3) is 3.74. The molecule has 30 heavy (non-hydrogen) atoms. The van der Waals surface area contributed by atoms with Gasteiger partial charge in [-0.1, -0.05) is 55.0 Å². The van der Waals surface area contributed by atoms with Gasteiger partial charge in [-0.05, 0) is 37.5 Å². The molecule has 0 fully saturated rings. The van der Waals surface area contributed by atoms with E-state index >= 15 is 0 Å². The number of fused-ring (bicyclic) bond motifs is 4. The minimum absolute atomic E-state index is 0.234. The highest BCUT2D eigenvalue weighted by Crippen LogP contribution is 2.52. The maximum atomic E-state index is 11.9. The highest BCUT2D eigenvalue weighted by atomic mass is 16.5. The first-order valence-corrected chi connectivity index (χ1v) is 10.7. The number of aromatic nitrogens is 1. The summed E-state index contributed by atoms with van der Waals surface area (Å²) in [5, 5.41) is 0. The number of aliphatic imine (C=N–C) groups is 1. The summed E-state index contributed by atoms with van der Waals surface area (Å²) >= 11 is 0. The van der Waals surface area contributed by atoms with Gasteiger partial charge in [-0.15, -0.1) is 0 Å². The van der Waals surface area contributed by atoms with E-state index in [9.17, 15) is 4.79 Å². The van der Waals surface area contributed by atoms with Gasteiger partial charge in [-0.25, -0.2) is 4.98 Å². The van der Waals surface area contributed by atoms with Gasteiger partial charge in [-0.3, -0.25) is 9.79 Å². The van der Waals surface area contributed by atoms with Crippen LogP contribution in [0.5, 0.6) is 5.88 Å². The van der Waals surface area contributed by atoms with Gasteiger partial charge in [-0.2, -0.15) is 0 Å². The molecule has 4 rings (SSSR count). The second-order valence-electron chi connectivity index (χ2n) is 8.14. The molecule has 154 valence electrons. The number of ether oxygens (including phenoxy) is 1. The van der Waals surface area contributed by atoms with Crippen molar-refractivity contribution in [2.24, 2.45) is 10.9 Å². The SMILES string of the molecule is C/C=C1\C2C=C(C)CC1(N=Cc1ccccc1)c1ccc(OC(=O)CCC)nc1C2. The van der Waals surface area contributed by atoms with E-state index in [0.29, 0.717) is 12.3 Å². The molecule has 1 aromatic carbocycles. The summed E-state index contributed by atoms with van der Waals surface area (Å²) in [6, 6.07) is 14.1. The molecule has 2 atom stereocenters. The van der Waals surface area contributed by atoms with Gasteiger partial charge in [0.2, 0.25) is 5.88 Å². The zero-order chi connectivity index (χ0) is 21.1. The predicted octanol–water partition coefficient (Wildman–Crippen LogP) is 5.57. The van der Waals surface area contributed by atoms with Crippen molar-refractivity contribution in [1.82, 2.24) is 4.98 Å². The van der Waals surface area contributed by atoms with Crippen molar-refractivity contribution in [3.05, 3.63) is 82.6 Å². The number of esters is 1. The molecule has 4 heteroatoms. The number of carbonyl (C=O) groups is 1. The summed E-state index contributed by atoms with van der Waals surface area (Å²) in [5.74, 6) is 0.415. The Labute approximate surface area is 178 Å². The van der Waals surface area contributed by atoms with E-state index in [1.165, 1.54) is 11.1 Å². The first-order valence-electron chi connectivity index (χ1n) is 10.7. The molecular formula is C26H28N2O2. The molecule has 4 nitrogen and oxygen atoms in total. The Balaban J connectivity index is 1.79. The van der Waals surface area contributed by atoms with Crippen LogP contribution in [-0.2, 0) is 16.8 Å². The van der Waals surface area contributed by atoms with Crippen LogP contribution >= 0.6 is 0 Å². The molecular weight excluding hydrogens is 372 g/mol. The van der Waals surface area contributed by atoms with Crippen LogP contribution in [0.15, 0.2) is 70.8 Å². The van der Waals surface area contributed by atoms with E-state index in [2.05, 4.69) is 44.2 Å². The molecule has 1 heterocycles. The lowest BCUT2D eigenvalue weighted by atomic mass is 9.63. The van der Waals surface area contributed by atoms with Crippen molar-refractivity contribution in [3.63, 3.8) is 0 Å². The number of hydrogen-bond donors (Lipinski definition) is 0. The molecule has 0 aliphatic heterocycles. The van der Waals surface area contributed by atoms with Gasteiger partial charge < -0.3 is 4.74 Å². The molecule has 2 unspecified atom stereocenters. The van der Waals surface area contributed by atoms with Crippen LogP contribution in [0.2, 0.25) is 0 Å². The Morgan fingerprint density at radius 3 is 2.80 bits per heavy atom. The smallest absolute Gasteiger partial charge is 0.312 e. The zero-order valence-electron chi connectivity index (χ0n) is 17.9. The van der Waals surface area contributed by atoms with Crippen molar-refractivity contribution >= 4 is 12.2 Å². The molecule has 2 aliphatic rings. The van der Waals surface area contributed by atoms with Gasteiger partial charge in [0, 0.05) is 43.0 Å². The van der Waals surface area contributed by atoms with Crippen molar-refractivity contribution in [2.75, 3.05) is 0 Å². The Morgan fingerprint density at radius 2 is 2.07 bits per heavy atom. The Bertz CT molecular complexity index is 1040.